The van der Waals surface area contributed by atoms with Crippen molar-refractivity contribution in [2.45, 2.75) is 59.2 Å². The van der Waals surface area contributed by atoms with Gasteiger partial charge in [0.15, 0.2) is 5.96 Å². The van der Waals surface area contributed by atoms with Crippen LogP contribution in [0.2, 0.25) is 0 Å². The minimum Gasteiger partial charge on any atom is -0.444 e. The van der Waals surface area contributed by atoms with Gasteiger partial charge in [-0.2, -0.15) is 0 Å². The molecular weight excluding hydrogens is 399 g/mol. The van der Waals surface area contributed by atoms with Gasteiger partial charge >= 0.3 is 6.09 Å². The maximum atomic E-state index is 14.6. The molecule has 1 aromatic heterocycles. The maximum absolute atomic E-state index is 14.6. The van der Waals surface area contributed by atoms with Crippen LogP contribution in [-0.4, -0.2) is 46.3 Å². The second-order valence-electron chi connectivity index (χ2n) is 8.92. The Hall–Kier alpha value is -3.10. The number of amides is 1. The lowest BCUT2D eigenvalue weighted by Gasteiger charge is -2.29. The molecule has 0 fully saturated rings. The predicted molar refractivity (Wildman–Crippen MR) is 120 cm³/mol. The number of carbonyl (C=O) groups is 1. The molecule has 3 N–H and O–H groups in total. The minimum atomic E-state index is -0.573. The Morgan fingerprint density at radius 3 is 2.48 bits per heavy atom. The highest BCUT2D eigenvalue weighted by Gasteiger charge is 2.24. The van der Waals surface area contributed by atoms with Crippen LogP contribution in [0.25, 0.3) is 5.69 Å². The highest BCUT2D eigenvalue weighted by Crippen LogP contribution is 2.16. The monoisotopic (exact) mass is 432 g/mol. The molecule has 1 amide bonds. The number of alkyl carbamates (subject to hydrolysis) is 1. The molecule has 0 unspecified atom stereocenters. The highest BCUT2D eigenvalue weighted by atomic mass is 19.1. The number of rotatable bonds is 6. The lowest BCUT2D eigenvalue weighted by Crippen LogP contribution is -2.54. The van der Waals surface area contributed by atoms with E-state index in [0.717, 1.165) is 11.4 Å². The van der Waals surface area contributed by atoms with E-state index in [4.69, 9.17) is 4.74 Å². The van der Waals surface area contributed by atoms with Gasteiger partial charge in [-0.25, -0.2) is 14.2 Å². The number of guanidine groups is 1. The molecule has 1 aromatic carbocycles. The Bertz CT molecular complexity index is 930. The number of hydrogen-bond acceptors (Lipinski definition) is 4. The fourth-order valence-corrected chi connectivity index (χ4v) is 2.82. The standard InChI is InChI=1S/C22H33FN6O2/c1-15-25-10-11-29(15)18-9-8-16(12-17(18)23)13-26-19(24-7)27-14-22(5,6)28-20(30)31-21(2,3)4/h8-12H,13-14H2,1-7H3,(H,28,30)(H2,24,26,27). The smallest absolute Gasteiger partial charge is 0.408 e. The number of imidazole rings is 1. The summed E-state index contributed by atoms with van der Waals surface area (Å²) in [6.45, 7) is 11.8. The molecule has 0 aliphatic rings. The van der Waals surface area contributed by atoms with Gasteiger partial charge in [-0.3, -0.25) is 4.99 Å². The topological polar surface area (TPSA) is 92.6 Å². The molecule has 2 aromatic rings. The summed E-state index contributed by atoms with van der Waals surface area (Å²) in [7, 11) is 1.65. The zero-order valence-electron chi connectivity index (χ0n) is 19.3. The summed E-state index contributed by atoms with van der Waals surface area (Å²) in [5, 5.41) is 9.15. The van der Waals surface area contributed by atoms with Crippen molar-refractivity contribution in [1.29, 1.82) is 0 Å². The zero-order chi connectivity index (χ0) is 23.2. The molecule has 2 rings (SSSR count). The SMILES string of the molecule is CN=C(NCc1ccc(-n2ccnc2C)c(F)c1)NCC(C)(C)NC(=O)OC(C)(C)C. The fraction of sp³-hybridized carbons (Fsp3) is 0.500. The van der Waals surface area contributed by atoms with Gasteiger partial charge in [0, 0.05) is 32.5 Å². The number of hydrogen-bond donors (Lipinski definition) is 3. The second kappa shape index (κ2) is 9.80. The quantitative estimate of drug-likeness (QED) is 0.481. The van der Waals surface area contributed by atoms with E-state index in [0.29, 0.717) is 24.7 Å². The Morgan fingerprint density at radius 2 is 1.94 bits per heavy atom. The molecule has 0 aliphatic heterocycles. The molecule has 8 nitrogen and oxygen atoms in total. The molecular formula is C22H33FN6O2. The van der Waals surface area contributed by atoms with Crippen LogP contribution in [-0.2, 0) is 11.3 Å². The van der Waals surface area contributed by atoms with E-state index in [-0.39, 0.29) is 5.82 Å². The Balaban J connectivity index is 1.90. The highest BCUT2D eigenvalue weighted by molar-refractivity contribution is 5.79. The molecule has 1 heterocycles. The maximum Gasteiger partial charge on any atom is 0.408 e. The second-order valence-corrected chi connectivity index (χ2v) is 8.92. The number of aromatic nitrogens is 2. The summed E-state index contributed by atoms with van der Waals surface area (Å²) < 4.78 is 21.6. The predicted octanol–water partition coefficient (Wildman–Crippen LogP) is 3.29. The molecule has 0 saturated heterocycles. The van der Waals surface area contributed by atoms with E-state index in [9.17, 15) is 9.18 Å². The Morgan fingerprint density at radius 1 is 1.23 bits per heavy atom. The molecule has 0 spiro atoms. The van der Waals surface area contributed by atoms with Gasteiger partial charge < -0.3 is 25.3 Å². The molecule has 0 radical (unpaired) electrons. The third kappa shape index (κ3) is 7.58. The van der Waals surface area contributed by atoms with E-state index >= 15 is 0 Å². The zero-order valence-corrected chi connectivity index (χ0v) is 19.3. The molecule has 0 aliphatic carbocycles. The van der Waals surface area contributed by atoms with Gasteiger partial charge in [0.1, 0.15) is 17.2 Å². The average Bonchev–Trinajstić information content (AvgIpc) is 3.05. The lowest BCUT2D eigenvalue weighted by molar-refractivity contribution is 0.0474. The molecule has 0 atom stereocenters. The van der Waals surface area contributed by atoms with Crippen LogP contribution in [0, 0.1) is 12.7 Å². The first-order valence-corrected chi connectivity index (χ1v) is 10.1. The van der Waals surface area contributed by atoms with Crippen LogP contribution in [0.5, 0.6) is 0 Å². The van der Waals surface area contributed by atoms with E-state index in [1.54, 1.807) is 30.1 Å². The van der Waals surface area contributed by atoms with Gasteiger partial charge in [-0.15, -0.1) is 0 Å². The summed E-state index contributed by atoms with van der Waals surface area (Å²) in [6, 6.07) is 5.07. The van der Waals surface area contributed by atoms with E-state index in [1.165, 1.54) is 6.07 Å². The number of benzene rings is 1. The van der Waals surface area contributed by atoms with Crippen molar-refractivity contribution in [3.63, 3.8) is 0 Å². The number of nitrogens with one attached hydrogen (secondary N) is 3. The first kappa shape index (κ1) is 24.2. The average molecular weight is 433 g/mol. The van der Waals surface area contributed by atoms with E-state index in [1.807, 2.05) is 47.6 Å². The first-order valence-electron chi connectivity index (χ1n) is 10.1. The van der Waals surface area contributed by atoms with Crippen LogP contribution in [0.3, 0.4) is 0 Å². The molecule has 170 valence electrons. The largest absolute Gasteiger partial charge is 0.444 e. The summed E-state index contributed by atoms with van der Waals surface area (Å²) in [6.07, 6.45) is 2.88. The van der Waals surface area contributed by atoms with Gasteiger partial charge in [-0.05, 0) is 59.2 Å². The van der Waals surface area contributed by atoms with Gasteiger partial charge in [0.25, 0.3) is 0 Å². The normalized spacial score (nSPS) is 12.5. The van der Waals surface area contributed by atoms with Crippen molar-refractivity contribution < 1.29 is 13.9 Å². The fourth-order valence-electron chi connectivity index (χ4n) is 2.82. The van der Waals surface area contributed by atoms with Crippen molar-refractivity contribution in [2.75, 3.05) is 13.6 Å². The van der Waals surface area contributed by atoms with Crippen molar-refractivity contribution in [2.24, 2.45) is 4.99 Å². The number of halogens is 1. The van der Waals surface area contributed by atoms with Crippen LogP contribution < -0.4 is 16.0 Å². The van der Waals surface area contributed by atoms with Crippen LogP contribution in [0.1, 0.15) is 46.0 Å². The third-order valence-electron chi connectivity index (χ3n) is 4.32. The minimum absolute atomic E-state index is 0.328. The molecule has 31 heavy (non-hydrogen) atoms. The van der Waals surface area contributed by atoms with Gasteiger partial charge in [0.05, 0.1) is 11.2 Å². The van der Waals surface area contributed by atoms with Crippen molar-refractivity contribution in [3.05, 3.63) is 47.8 Å². The van der Waals surface area contributed by atoms with Crippen molar-refractivity contribution in [1.82, 2.24) is 25.5 Å². The third-order valence-corrected chi connectivity index (χ3v) is 4.32. The van der Waals surface area contributed by atoms with E-state index < -0.39 is 17.2 Å². The van der Waals surface area contributed by atoms with Gasteiger partial charge in [-0.1, -0.05) is 6.07 Å². The first-order chi connectivity index (χ1) is 14.4. The van der Waals surface area contributed by atoms with Crippen LogP contribution in [0.15, 0.2) is 35.6 Å². The molecule has 9 heteroatoms. The van der Waals surface area contributed by atoms with E-state index in [2.05, 4.69) is 25.9 Å². The van der Waals surface area contributed by atoms with Crippen molar-refractivity contribution >= 4 is 12.1 Å². The number of nitrogens with zero attached hydrogens (tertiary/aromatic N) is 3. The van der Waals surface area contributed by atoms with Crippen LogP contribution >= 0.6 is 0 Å². The number of ether oxygens (including phenoxy) is 1. The number of aliphatic imine (C=N–C) groups is 1. The van der Waals surface area contributed by atoms with Crippen LogP contribution in [0.4, 0.5) is 9.18 Å². The Labute approximate surface area is 183 Å². The Kier molecular flexibility index (Phi) is 7.65. The van der Waals surface area contributed by atoms with Crippen molar-refractivity contribution in [3.8, 4) is 5.69 Å². The number of aryl methyl sites for hydroxylation is 1. The summed E-state index contributed by atoms with van der Waals surface area (Å²) in [5.41, 5.74) is 0.0903. The summed E-state index contributed by atoms with van der Waals surface area (Å²) >= 11 is 0. The summed E-state index contributed by atoms with van der Waals surface area (Å²) in [4.78, 5) is 20.3. The lowest BCUT2D eigenvalue weighted by atomic mass is 10.1. The molecule has 0 saturated carbocycles. The summed E-state index contributed by atoms with van der Waals surface area (Å²) in [5.74, 6) is 0.928. The van der Waals surface area contributed by atoms with Gasteiger partial charge in [0.2, 0.25) is 0 Å². The number of carbonyl (C=O) groups excluding carboxylic acids is 1. The molecule has 0 bridgehead atoms.